The Morgan fingerprint density at radius 3 is 2.81 bits per heavy atom. The molecule has 3 heterocycles. The summed E-state index contributed by atoms with van der Waals surface area (Å²) in [5.74, 6) is 1.95. The van der Waals surface area contributed by atoms with Gasteiger partial charge in [-0.3, -0.25) is 4.40 Å². The number of nitrogens with zero attached hydrogens (tertiary/aromatic N) is 5. The van der Waals surface area contributed by atoms with Crippen LogP contribution in [0.4, 0.5) is 0 Å². The number of aromatic nitrogens is 5. The maximum atomic E-state index is 5.10. The highest BCUT2D eigenvalue weighted by Crippen LogP contribution is 2.17. The fourth-order valence-corrected chi connectivity index (χ4v) is 1.55. The van der Waals surface area contributed by atoms with Gasteiger partial charge in [0.25, 0.3) is 5.89 Å². The summed E-state index contributed by atoms with van der Waals surface area (Å²) in [6.07, 6.45) is 1.89. The first-order valence-electron chi connectivity index (χ1n) is 4.86. The SMILES string of the molecule is Cc1noc(-c2ccc3nnc(C)n3c2)n1. The highest BCUT2D eigenvalue weighted by Gasteiger charge is 2.08. The van der Waals surface area contributed by atoms with E-state index in [4.69, 9.17) is 4.52 Å². The Hall–Kier alpha value is -2.24. The second-order valence-corrected chi connectivity index (χ2v) is 3.54. The van der Waals surface area contributed by atoms with Gasteiger partial charge in [0.05, 0.1) is 5.56 Å². The van der Waals surface area contributed by atoms with Crippen molar-refractivity contribution in [3.05, 3.63) is 30.0 Å². The van der Waals surface area contributed by atoms with Gasteiger partial charge in [-0.2, -0.15) is 4.98 Å². The number of aryl methyl sites for hydroxylation is 2. The standard InChI is InChI=1S/C10H9N5O/c1-6-11-10(16-14-6)8-3-4-9-13-12-7(2)15(9)5-8/h3-5H,1-2H3. The summed E-state index contributed by atoms with van der Waals surface area (Å²) in [4.78, 5) is 4.17. The lowest BCUT2D eigenvalue weighted by Crippen LogP contribution is -1.89. The molecule has 0 saturated heterocycles. The molecule has 0 bridgehead atoms. The summed E-state index contributed by atoms with van der Waals surface area (Å²) >= 11 is 0. The van der Waals surface area contributed by atoms with E-state index in [1.165, 1.54) is 0 Å². The molecule has 0 spiro atoms. The highest BCUT2D eigenvalue weighted by atomic mass is 16.5. The zero-order valence-corrected chi connectivity index (χ0v) is 8.88. The fraction of sp³-hybridized carbons (Fsp3) is 0.200. The average molecular weight is 215 g/mol. The minimum atomic E-state index is 0.507. The number of hydrogen-bond acceptors (Lipinski definition) is 5. The van der Waals surface area contributed by atoms with Gasteiger partial charge in [-0.15, -0.1) is 10.2 Å². The van der Waals surface area contributed by atoms with Crippen LogP contribution < -0.4 is 0 Å². The van der Waals surface area contributed by atoms with E-state index in [0.717, 1.165) is 17.0 Å². The maximum Gasteiger partial charge on any atom is 0.259 e. The summed E-state index contributed by atoms with van der Waals surface area (Å²) in [7, 11) is 0. The molecule has 0 N–H and O–H groups in total. The van der Waals surface area contributed by atoms with Crippen molar-refractivity contribution in [2.45, 2.75) is 13.8 Å². The molecule has 0 radical (unpaired) electrons. The first kappa shape index (κ1) is 9.02. The predicted octanol–water partition coefficient (Wildman–Crippen LogP) is 1.40. The molecule has 3 rings (SSSR count). The summed E-state index contributed by atoms with van der Waals surface area (Å²) in [6.45, 7) is 3.68. The van der Waals surface area contributed by atoms with Crippen molar-refractivity contribution in [3.63, 3.8) is 0 Å². The van der Waals surface area contributed by atoms with Crippen LogP contribution in [0.1, 0.15) is 11.6 Å². The van der Waals surface area contributed by atoms with Crippen LogP contribution in [0.15, 0.2) is 22.9 Å². The molecule has 3 aromatic rings. The van der Waals surface area contributed by atoms with Gasteiger partial charge in [0.2, 0.25) is 0 Å². The molecule has 0 aromatic carbocycles. The van der Waals surface area contributed by atoms with Gasteiger partial charge in [0.1, 0.15) is 5.82 Å². The molecule has 0 atom stereocenters. The third-order valence-electron chi connectivity index (χ3n) is 2.35. The Morgan fingerprint density at radius 2 is 2.06 bits per heavy atom. The van der Waals surface area contributed by atoms with Crippen LogP contribution in [0.3, 0.4) is 0 Å². The minimum Gasteiger partial charge on any atom is -0.334 e. The van der Waals surface area contributed by atoms with Crippen LogP contribution in [0.2, 0.25) is 0 Å². The van der Waals surface area contributed by atoms with Crippen molar-refractivity contribution in [3.8, 4) is 11.5 Å². The molecule has 6 nitrogen and oxygen atoms in total. The minimum absolute atomic E-state index is 0.507. The second-order valence-electron chi connectivity index (χ2n) is 3.54. The zero-order chi connectivity index (χ0) is 11.1. The van der Waals surface area contributed by atoms with Crippen molar-refractivity contribution >= 4 is 5.65 Å². The quantitative estimate of drug-likeness (QED) is 0.613. The van der Waals surface area contributed by atoms with Crippen LogP contribution in [-0.4, -0.2) is 24.7 Å². The lowest BCUT2D eigenvalue weighted by Gasteiger charge is -1.97. The molecule has 0 amide bonds. The van der Waals surface area contributed by atoms with Gasteiger partial charge in [0.15, 0.2) is 11.5 Å². The van der Waals surface area contributed by atoms with Gasteiger partial charge in [-0.05, 0) is 26.0 Å². The molecule has 0 aliphatic carbocycles. The van der Waals surface area contributed by atoms with Crippen LogP contribution >= 0.6 is 0 Å². The van der Waals surface area contributed by atoms with Crippen molar-refractivity contribution in [1.82, 2.24) is 24.7 Å². The Balaban J connectivity index is 2.21. The predicted molar refractivity (Wildman–Crippen MR) is 55.8 cm³/mol. The van der Waals surface area contributed by atoms with E-state index < -0.39 is 0 Å². The number of pyridine rings is 1. The Morgan fingerprint density at radius 1 is 1.19 bits per heavy atom. The van der Waals surface area contributed by atoms with E-state index in [-0.39, 0.29) is 0 Å². The molecular formula is C10H9N5O. The van der Waals surface area contributed by atoms with Crippen LogP contribution in [-0.2, 0) is 0 Å². The van der Waals surface area contributed by atoms with Crippen molar-refractivity contribution in [1.29, 1.82) is 0 Å². The summed E-state index contributed by atoms with van der Waals surface area (Å²) < 4.78 is 6.98. The largest absolute Gasteiger partial charge is 0.334 e. The van der Waals surface area contributed by atoms with E-state index in [9.17, 15) is 0 Å². The average Bonchev–Trinajstić information content (AvgIpc) is 2.86. The van der Waals surface area contributed by atoms with Gasteiger partial charge < -0.3 is 4.52 Å². The monoisotopic (exact) mass is 215 g/mol. The number of hydrogen-bond donors (Lipinski definition) is 0. The molecule has 0 fully saturated rings. The van der Waals surface area contributed by atoms with E-state index >= 15 is 0 Å². The fourth-order valence-electron chi connectivity index (χ4n) is 1.55. The first-order valence-corrected chi connectivity index (χ1v) is 4.86. The Kier molecular flexibility index (Phi) is 1.76. The molecule has 0 aliphatic rings. The molecule has 0 saturated carbocycles. The highest BCUT2D eigenvalue weighted by molar-refractivity contribution is 5.55. The summed E-state index contributed by atoms with van der Waals surface area (Å²) in [6, 6.07) is 3.76. The molecule has 3 aromatic heterocycles. The zero-order valence-electron chi connectivity index (χ0n) is 8.88. The summed E-state index contributed by atoms with van der Waals surface area (Å²) in [5.41, 5.74) is 1.66. The van der Waals surface area contributed by atoms with Gasteiger partial charge >= 0.3 is 0 Å². The lowest BCUT2D eigenvalue weighted by atomic mass is 10.3. The second kappa shape index (κ2) is 3.13. The van der Waals surface area contributed by atoms with Crippen molar-refractivity contribution in [2.75, 3.05) is 0 Å². The normalized spacial score (nSPS) is 11.1. The number of fused-ring (bicyclic) bond motifs is 1. The third kappa shape index (κ3) is 1.27. The molecule has 0 unspecified atom stereocenters. The van der Waals surface area contributed by atoms with Crippen molar-refractivity contribution < 1.29 is 4.52 Å². The Labute approximate surface area is 90.9 Å². The number of rotatable bonds is 1. The molecular weight excluding hydrogens is 206 g/mol. The van der Waals surface area contributed by atoms with Crippen LogP contribution in [0.5, 0.6) is 0 Å². The molecule has 80 valence electrons. The topological polar surface area (TPSA) is 69.1 Å². The molecule has 16 heavy (non-hydrogen) atoms. The van der Waals surface area contributed by atoms with Gasteiger partial charge in [-0.1, -0.05) is 5.16 Å². The van der Waals surface area contributed by atoms with E-state index in [0.29, 0.717) is 11.7 Å². The van der Waals surface area contributed by atoms with Gasteiger partial charge in [-0.25, -0.2) is 0 Å². The van der Waals surface area contributed by atoms with Gasteiger partial charge in [0, 0.05) is 6.20 Å². The van der Waals surface area contributed by atoms with E-state index in [1.807, 2.05) is 29.7 Å². The smallest absolute Gasteiger partial charge is 0.259 e. The molecule has 0 aliphatic heterocycles. The lowest BCUT2D eigenvalue weighted by molar-refractivity contribution is 0.425. The maximum absolute atomic E-state index is 5.10. The Bertz CT molecular complexity index is 654. The van der Waals surface area contributed by atoms with E-state index in [2.05, 4.69) is 20.3 Å². The van der Waals surface area contributed by atoms with E-state index in [1.54, 1.807) is 6.92 Å². The van der Waals surface area contributed by atoms with Crippen LogP contribution in [0.25, 0.3) is 17.1 Å². The van der Waals surface area contributed by atoms with Crippen LogP contribution in [0, 0.1) is 13.8 Å². The third-order valence-corrected chi connectivity index (χ3v) is 2.35. The van der Waals surface area contributed by atoms with Crippen molar-refractivity contribution in [2.24, 2.45) is 0 Å². The molecule has 6 heteroatoms. The first-order chi connectivity index (χ1) is 7.74. The summed E-state index contributed by atoms with van der Waals surface area (Å²) in [5, 5.41) is 11.7.